The minimum atomic E-state index is -4.67. The van der Waals surface area contributed by atoms with Crippen molar-refractivity contribution in [3.05, 3.63) is 52.7 Å². The molecule has 0 spiro atoms. The van der Waals surface area contributed by atoms with Crippen molar-refractivity contribution < 1.29 is 22.4 Å². The Morgan fingerprint density at radius 3 is 2.67 bits per heavy atom. The van der Waals surface area contributed by atoms with Crippen molar-refractivity contribution in [3.63, 3.8) is 0 Å². The number of nitrogens with one attached hydrogen (secondary N) is 1. The summed E-state index contributed by atoms with van der Waals surface area (Å²) in [5.41, 5.74) is -0.179. The van der Waals surface area contributed by atoms with E-state index in [4.69, 9.17) is 11.6 Å². The van der Waals surface area contributed by atoms with Gasteiger partial charge < -0.3 is 5.32 Å². The Labute approximate surface area is 188 Å². The number of likely N-dealkylation sites (N-methyl/N-ethyl adjacent to an activating group) is 1. The van der Waals surface area contributed by atoms with Crippen molar-refractivity contribution in [1.29, 1.82) is 0 Å². The van der Waals surface area contributed by atoms with Crippen LogP contribution in [0.15, 0.2) is 52.7 Å². The van der Waals surface area contributed by atoms with Crippen molar-refractivity contribution in [2.45, 2.75) is 6.18 Å². The molecule has 10 nitrogen and oxygen atoms in total. The summed E-state index contributed by atoms with van der Waals surface area (Å²) in [6.45, 7) is -0.913. The Morgan fingerprint density at radius 2 is 2.00 bits per heavy atom. The van der Waals surface area contributed by atoms with Crippen molar-refractivity contribution in [3.8, 4) is 5.82 Å². The van der Waals surface area contributed by atoms with Crippen molar-refractivity contribution in [1.82, 2.24) is 34.9 Å². The first kappa shape index (κ1) is 21.3. The third kappa shape index (κ3) is 3.51. The Bertz CT molecular complexity index is 1220. The molecule has 0 aromatic carbocycles. The van der Waals surface area contributed by atoms with Gasteiger partial charge in [-0.1, -0.05) is 11.6 Å². The molecule has 1 N–H and O–H groups in total. The molecule has 15 heteroatoms. The smallest absolute Gasteiger partial charge is 0.306 e. The van der Waals surface area contributed by atoms with Crippen molar-refractivity contribution in [2.24, 2.45) is 10.9 Å². The maximum absolute atomic E-state index is 14.2. The molecule has 5 heterocycles. The molecule has 33 heavy (non-hydrogen) atoms. The number of rotatable bonds is 2. The summed E-state index contributed by atoms with van der Waals surface area (Å²) < 4.78 is 55.8. The van der Waals surface area contributed by atoms with Gasteiger partial charge in [0.15, 0.2) is 17.5 Å². The topological polar surface area (TPSA) is 94.8 Å². The number of aliphatic imine (C=N–C) groups is 1. The minimum Gasteiger partial charge on any atom is -0.306 e. The number of halogens is 5. The number of carbonyl (C=O) groups is 1. The molecule has 5 rings (SSSR count). The summed E-state index contributed by atoms with van der Waals surface area (Å²) in [5.74, 6) is -2.69. The SMILES string of the molecule is CN1CC(F)=C2N=CC3=C([C@@H](C(F)(F)F)CN3C(=O)Nc3cnc(-n4nccn4)c(Cl)c3)N21. The fourth-order valence-electron chi connectivity index (χ4n) is 3.85. The van der Waals surface area contributed by atoms with Gasteiger partial charge in [-0.2, -0.15) is 23.4 Å². The maximum atomic E-state index is 14.2. The second-order valence-corrected chi connectivity index (χ2v) is 7.77. The zero-order valence-electron chi connectivity index (χ0n) is 16.8. The van der Waals surface area contributed by atoms with E-state index in [9.17, 15) is 22.4 Å². The van der Waals surface area contributed by atoms with Crippen LogP contribution in [0.5, 0.6) is 0 Å². The quantitative estimate of drug-likeness (QED) is 0.660. The standard InChI is InChI=1S/C18H14ClF4N9O/c1-29-8-12(20)16-25-6-13-14(31(16)29)10(18(21,22)23)7-30(13)17(33)28-9-4-11(19)15(24-5-9)32-26-2-3-27-32/h2-6,10H,7-8H2,1H3,(H,28,33)/t10-/m0/s1. The van der Waals surface area contributed by atoms with E-state index in [2.05, 4.69) is 25.5 Å². The van der Waals surface area contributed by atoms with Gasteiger partial charge in [0, 0.05) is 13.6 Å². The summed E-state index contributed by atoms with van der Waals surface area (Å²) >= 11 is 6.19. The van der Waals surface area contributed by atoms with Crippen LogP contribution in [-0.4, -0.2) is 73.5 Å². The Morgan fingerprint density at radius 1 is 1.27 bits per heavy atom. The van der Waals surface area contributed by atoms with E-state index in [1.807, 2.05) is 0 Å². The largest absolute Gasteiger partial charge is 0.399 e. The fourth-order valence-corrected chi connectivity index (χ4v) is 4.10. The van der Waals surface area contributed by atoms with Crippen LogP contribution in [0.2, 0.25) is 5.02 Å². The van der Waals surface area contributed by atoms with Crippen LogP contribution in [-0.2, 0) is 0 Å². The molecule has 0 saturated carbocycles. The number of amides is 2. The van der Waals surface area contributed by atoms with Crippen molar-refractivity contribution >= 4 is 29.5 Å². The molecular formula is C18H14ClF4N9O. The molecule has 0 saturated heterocycles. The number of pyridine rings is 1. The van der Waals surface area contributed by atoms with Gasteiger partial charge in [0.1, 0.15) is 5.92 Å². The Kier molecular flexibility index (Phi) is 4.86. The Balaban J connectivity index is 1.44. The van der Waals surface area contributed by atoms with E-state index in [1.165, 1.54) is 41.5 Å². The number of hydrazine groups is 1. The number of hydrogen-bond acceptors (Lipinski definition) is 7. The molecule has 2 aromatic heterocycles. The van der Waals surface area contributed by atoms with Gasteiger partial charge in [-0.15, -0.1) is 4.80 Å². The highest BCUT2D eigenvalue weighted by Gasteiger charge is 2.54. The second-order valence-electron chi connectivity index (χ2n) is 7.37. The molecule has 0 bridgehead atoms. The monoisotopic (exact) mass is 483 g/mol. The first-order chi connectivity index (χ1) is 15.6. The third-order valence-electron chi connectivity index (χ3n) is 5.26. The predicted octanol–water partition coefficient (Wildman–Crippen LogP) is 2.94. The van der Waals surface area contributed by atoms with Crippen LogP contribution in [0.25, 0.3) is 5.82 Å². The lowest BCUT2D eigenvalue weighted by molar-refractivity contribution is -0.169. The van der Waals surface area contributed by atoms with Crippen LogP contribution in [0.3, 0.4) is 0 Å². The number of hydrogen-bond donors (Lipinski definition) is 1. The average molecular weight is 484 g/mol. The number of urea groups is 1. The zero-order valence-corrected chi connectivity index (χ0v) is 17.5. The van der Waals surface area contributed by atoms with Gasteiger partial charge in [0.05, 0.1) is 53.5 Å². The van der Waals surface area contributed by atoms with E-state index in [0.717, 1.165) is 16.1 Å². The molecule has 0 unspecified atom stereocenters. The maximum Gasteiger partial charge on any atom is 0.399 e. The van der Waals surface area contributed by atoms with Gasteiger partial charge >= 0.3 is 12.2 Å². The zero-order chi connectivity index (χ0) is 23.5. The lowest BCUT2D eigenvalue weighted by Crippen LogP contribution is -2.40. The fraction of sp³-hybridized carbons (Fsp3) is 0.278. The van der Waals surface area contributed by atoms with Crippen LogP contribution >= 0.6 is 11.6 Å². The number of nitrogens with zero attached hydrogens (tertiary/aromatic N) is 8. The Hall–Kier alpha value is -3.52. The molecule has 0 radical (unpaired) electrons. The van der Waals surface area contributed by atoms with Gasteiger partial charge in [-0.3, -0.25) is 9.91 Å². The van der Waals surface area contributed by atoms with E-state index in [1.54, 1.807) is 0 Å². The summed E-state index contributed by atoms with van der Waals surface area (Å²) in [4.78, 5) is 23.1. The minimum absolute atomic E-state index is 0.0726. The molecule has 0 aliphatic carbocycles. The van der Waals surface area contributed by atoms with Crippen LogP contribution in [0.1, 0.15) is 0 Å². The molecule has 3 aliphatic rings. The highest BCUT2D eigenvalue weighted by atomic mass is 35.5. The number of carbonyl (C=O) groups excluding carboxylic acids is 1. The molecule has 0 fully saturated rings. The van der Waals surface area contributed by atoms with Crippen LogP contribution in [0.4, 0.5) is 28.0 Å². The van der Waals surface area contributed by atoms with E-state index in [-0.39, 0.29) is 40.3 Å². The predicted molar refractivity (Wildman–Crippen MR) is 108 cm³/mol. The number of anilines is 1. The highest BCUT2D eigenvalue weighted by molar-refractivity contribution is 6.32. The number of aromatic nitrogens is 4. The van der Waals surface area contributed by atoms with Gasteiger partial charge in [0.2, 0.25) is 0 Å². The van der Waals surface area contributed by atoms with Gasteiger partial charge in [-0.05, 0) is 6.07 Å². The van der Waals surface area contributed by atoms with Gasteiger partial charge in [0.25, 0.3) is 0 Å². The van der Waals surface area contributed by atoms with Gasteiger partial charge in [-0.25, -0.2) is 24.2 Å². The van der Waals surface area contributed by atoms with E-state index in [0.29, 0.717) is 0 Å². The number of fused-ring (bicyclic) bond motifs is 2. The van der Waals surface area contributed by atoms with Crippen molar-refractivity contribution in [2.75, 3.05) is 25.5 Å². The van der Waals surface area contributed by atoms with E-state index >= 15 is 0 Å². The van der Waals surface area contributed by atoms with E-state index < -0.39 is 30.5 Å². The number of alkyl halides is 3. The number of allylic oxidation sites excluding steroid dienone is 1. The summed E-state index contributed by atoms with van der Waals surface area (Å²) in [7, 11) is 1.44. The summed E-state index contributed by atoms with van der Waals surface area (Å²) in [5, 5.41) is 12.8. The molecule has 172 valence electrons. The normalized spacial score (nSPS) is 20.6. The summed E-state index contributed by atoms with van der Waals surface area (Å²) in [6, 6.07) is 0.523. The second kappa shape index (κ2) is 7.52. The lowest BCUT2D eigenvalue weighted by atomic mass is 10.1. The average Bonchev–Trinajstić information content (AvgIpc) is 3.45. The molecule has 3 aliphatic heterocycles. The van der Waals surface area contributed by atoms with Crippen LogP contribution in [0, 0.1) is 5.92 Å². The molecule has 1 atom stereocenters. The first-order valence-corrected chi connectivity index (χ1v) is 9.88. The molecule has 2 aromatic rings. The molecule has 2 amide bonds. The first-order valence-electron chi connectivity index (χ1n) is 9.50. The highest BCUT2D eigenvalue weighted by Crippen LogP contribution is 2.46. The third-order valence-corrected chi connectivity index (χ3v) is 5.54. The van der Waals surface area contributed by atoms with Crippen LogP contribution < -0.4 is 5.32 Å². The molecular weight excluding hydrogens is 470 g/mol. The summed E-state index contributed by atoms with van der Waals surface area (Å²) in [6.07, 6.45) is 0.533. The lowest BCUT2D eigenvalue weighted by Gasteiger charge is -2.33.